The lowest BCUT2D eigenvalue weighted by molar-refractivity contribution is 0.0556. The number of nitrogens with zero attached hydrogens (tertiary/aromatic N) is 1. The predicted molar refractivity (Wildman–Crippen MR) is 96.8 cm³/mol. The Bertz CT molecular complexity index is 728. The average molecular weight is 337 g/mol. The molecule has 3 aromatic rings. The van der Waals surface area contributed by atoms with Crippen molar-refractivity contribution in [2.45, 2.75) is 18.8 Å². The second-order valence-electron chi connectivity index (χ2n) is 6.14. The van der Waals surface area contributed by atoms with E-state index < -0.39 is 12.2 Å². The summed E-state index contributed by atoms with van der Waals surface area (Å²) < 4.78 is 5.30. The maximum Gasteiger partial charge on any atom is 0.133 e. The topological polar surface area (TPSA) is 56.8 Å². The molecule has 1 aromatic heterocycles. The molecule has 0 amide bonds. The summed E-state index contributed by atoms with van der Waals surface area (Å²) in [5.41, 5.74) is 2.00. The van der Waals surface area contributed by atoms with E-state index in [0.717, 1.165) is 11.1 Å². The number of hydrogen-bond acceptors (Lipinski definition) is 4. The summed E-state index contributed by atoms with van der Waals surface area (Å²) in [6, 6.07) is 23.1. The van der Waals surface area contributed by atoms with E-state index in [1.165, 1.54) is 0 Å². The summed E-state index contributed by atoms with van der Waals surface area (Å²) in [7, 11) is 0. The minimum atomic E-state index is -0.735. The molecule has 0 spiro atoms. The first-order valence-corrected chi connectivity index (χ1v) is 8.43. The van der Waals surface area contributed by atoms with Crippen molar-refractivity contribution in [1.29, 1.82) is 0 Å². The third-order valence-electron chi connectivity index (χ3n) is 4.17. The van der Waals surface area contributed by atoms with Crippen LogP contribution in [0.5, 0.6) is 0 Å². The summed E-state index contributed by atoms with van der Waals surface area (Å²) in [4.78, 5) is 2.04. The van der Waals surface area contributed by atoms with Crippen molar-refractivity contribution in [2.24, 2.45) is 0 Å². The molecule has 0 aliphatic rings. The van der Waals surface area contributed by atoms with E-state index in [-0.39, 0.29) is 0 Å². The first-order chi connectivity index (χ1) is 12.2. The Labute approximate surface area is 148 Å². The minimum absolute atomic E-state index is 0.381. The summed E-state index contributed by atoms with van der Waals surface area (Å²) >= 11 is 0. The Hall–Kier alpha value is -2.40. The van der Waals surface area contributed by atoms with E-state index in [0.29, 0.717) is 25.4 Å². The van der Waals surface area contributed by atoms with Crippen LogP contribution >= 0.6 is 0 Å². The summed E-state index contributed by atoms with van der Waals surface area (Å²) in [5, 5.41) is 21.0. The van der Waals surface area contributed by atoms with Crippen LogP contribution in [0.15, 0.2) is 83.5 Å². The van der Waals surface area contributed by atoms with Crippen molar-refractivity contribution >= 4 is 0 Å². The smallest absolute Gasteiger partial charge is 0.133 e. The largest absolute Gasteiger partial charge is 0.467 e. The highest BCUT2D eigenvalue weighted by molar-refractivity contribution is 5.18. The van der Waals surface area contributed by atoms with Gasteiger partial charge in [-0.1, -0.05) is 60.7 Å². The monoisotopic (exact) mass is 337 g/mol. The van der Waals surface area contributed by atoms with Gasteiger partial charge in [-0.3, -0.25) is 4.90 Å². The lowest BCUT2D eigenvalue weighted by Crippen LogP contribution is -2.32. The van der Waals surface area contributed by atoms with E-state index in [4.69, 9.17) is 4.42 Å². The van der Waals surface area contributed by atoms with Gasteiger partial charge in [0, 0.05) is 19.6 Å². The van der Waals surface area contributed by atoms with E-state index in [1.54, 1.807) is 18.4 Å². The van der Waals surface area contributed by atoms with E-state index in [1.807, 2.05) is 65.6 Å². The standard InChI is InChI=1S/C21H23NO3/c23-19(18-10-5-2-6-11-18)15-22(14-17-8-3-1-4-9-17)16-20(24)21-12-7-13-25-21/h1-13,19-20,23-24H,14-16H2. The predicted octanol–water partition coefficient (Wildman–Crippen LogP) is 3.55. The third-order valence-corrected chi connectivity index (χ3v) is 4.17. The molecule has 2 unspecified atom stereocenters. The fraction of sp³-hybridized carbons (Fsp3) is 0.238. The van der Waals surface area contributed by atoms with E-state index in [2.05, 4.69) is 0 Å². The van der Waals surface area contributed by atoms with Crippen LogP contribution in [0.3, 0.4) is 0 Å². The number of rotatable bonds is 8. The second-order valence-corrected chi connectivity index (χ2v) is 6.14. The van der Waals surface area contributed by atoms with E-state index >= 15 is 0 Å². The van der Waals surface area contributed by atoms with Crippen LogP contribution in [-0.4, -0.2) is 28.2 Å². The fourth-order valence-corrected chi connectivity index (χ4v) is 2.89. The Morgan fingerprint density at radius 1 is 0.760 bits per heavy atom. The van der Waals surface area contributed by atoms with Gasteiger partial charge in [0.1, 0.15) is 11.9 Å². The zero-order chi connectivity index (χ0) is 17.5. The Kier molecular flexibility index (Phi) is 6.01. The average Bonchev–Trinajstić information content (AvgIpc) is 3.18. The van der Waals surface area contributed by atoms with Crippen molar-refractivity contribution in [3.63, 3.8) is 0 Å². The number of hydrogen-bond donors (Lipinski definition) is 2. The molecule has 0 bridgehead atoms. The molecule has 0 aliphatic heterocycles. The van der Waals surface area contributed by atoms with Crippen LogP contribution in [0.1, 0.15) is 29.1 Å². The molecule has 0 aliphatic carbocycles. The molecule has 4 nitrogen and oxygen atoms in total. The molecule has 2 atom stereocenters. The van der Waals surface area contributed by atoms with Gasteiger partial charge in [0.15, 0.2) is 0 Å². The van der Waals surface area contributed by atoms with Gasteiger partial charge in [0.2, 0.25) is 0 Å². The Morgan fingerprint density at radius 3 is 2.04 bits per heavy atom. The lowest BCUT2D eigenvalue weighted by atomic mass is 10.1. The highest BCUT2D eigenvalue weighted by atomic mass is 16.4. The molecular formula is C21H23NO3. The van der Waals surface area contributed by atoms with Gasteiger partial charge in [-0.2, -0.15) is 0 Å². The molecular weight excluding hydrogens is 314 g/mol. The minimum Gasteiger partial charge on any atom is -0.467 e. The first-order valence-electron chi connectivity index (χ1n) is 8.43. The van der Waals surface area contributed by atoms with Gasteiger partial charge in [-0.05, 0) is 23.3 Å². The van der Waals surface area contributed by atoms with Crippen molar-refractivity contribution in [3.05, 3.63) is 95.9 Å². The Balaban J connectivity index is 1.71. The van der Waals surface area contributed by atoms with Crippen LogP contribution in [0.2, 0.25) is 0 Å². The molecule has 0 radical (unpaired) electrons. The highest BCUT2D eigenvalue weighted by Gasteiger charge is 2.19. The lowest BCUT2D eigenvalue weighted by Gasteiger charge is -2.27. The second kappa shape index (κ2) is 8.62. The molecule has 0 saturated carbocycles. The first kappa shape index (κ1) is 17.4. The van der Waals surface area contributed by atoms with Gasteiger partial charge in [0.25, 0.3) is 0 Å². The van der Waals surface area contributed by atoms with E-state index in [9.17, 15) is 10.2 Å². The molecule has 0 fully saturated rings. The maximum atomic E-state index is 10.6. The molecule has 2 aromatic carbocycles. The van der Waals surface area contributed by atoms with Crippen LogP contribution in [-0.2, 0) is 6.54 Å². The maximum absolute atomic E-state index is 10.6. The van der Waals surface area contributed by atoms with Crippen molar-refractivity contribution in [1.82, 2.24) is 4.90 Å². The van der Waals surface area contributed by atoms with Gasteiger partial charge >= 0.3 is 0 Å². The zero-order valence-corrected chi connectivity index (χ0v) is 14.0. The molecule has 4 heteroatoms. The van der Waals surface area contributed by atoms with Crippen molar-refractivity contribution in [2.75, 3.05) is 13.1 Å². The summed E-state index contributed by atoms with van der Waals surface area (Å²) in [6.45, 7) is 1.45. The normalized spacial score (nSPS) is 13.7. The number of aliphatic hydroxyl groups is 2. The van der Waals surface area contributed by atoms with Crippen LogP contribution < -0.4 is 0 Å². The van der Waals surface area contributed by atoms with Crippen molar-refractivity contribution < 1.29 is 14.6 Å². The third kappa shape index (κ3) is 5.03. The molecule has 0 saturated heterocycles. The fourth-order valence-electron chi connectivity index (χ4n) is 2.89. The van der Waals surface area contributed by atoms with Gasteiger partial charge < -0.3 is 14.6 Å². The molecule has 2 N–H and O–H groups in total. The molecule has 130 valence electrons. The van der Waals surface area contributed by atoms with Crippen LogP contribution in [0.4, 0.5) is 0 Å². The van der Waals surface area contributed by atoms with Crippen molar-refractivity contribution in [3.8, 4) is 0 Å². The molecule has 1 heterocycles. The van der Waals surface area contributed by atoms with Crippen LogP contribution in [0.25, 0.3) is 0 Å². The molecule has 25 heavy (non-hydrogen) atoms. The van der Waals surface area contributed by atoms with Gasteiger partial charge in [-0.25, -0.2) is 0 Å². The number of aliphatic hydroxyl groups excluding tert-OH is 2. The Morgan fingerprint density at radius 2 is 1.40 bits per heavy atom. The number of furan rings is 1. The highest BCUT2D eigenvalue weighted by Crippen LogP contribution is 2.20. The zero-order valence-electron chi connectivity index (χ0n) is 14.0. The number of benzene rings is 2. The quantitative estimate of drug-likeness (QED) is 0.660. The summed E-state index contributed by atoms with van der Waals surface area (Å²) in [6.07, 6.45) is 0.203. The SMILES string of the molecule is OC(CN(Cc1ccccc1)CC(O)c1ccco1)c1ccccc1. The molecule has 3 rings (SSSR count). The van der Waals surface area contributed by atoms with Crippen LogP contribution in [0, 0.1) is 0 Å². The van der Waals surface area contributed by atoms with Gasteiger partial charge in [-0.15, -0.1) is 0 Å². The summed E-state index contributed by atoms with van der Waals surface area (Å²) in [5.74, 6) is 0.535. The van der Waals surface area contributed by atoms with Gasteiger partial charge in [0.05, 0.1) is 12.4 Å².